The lowest BCUT2D eigenvalue weighted by molar-refractivity contribution is 0.0121. The molecule has 1 aliphatic rings. The van der Waals surface area contributed by atoms with Gasteiger partial charge in [0.05, 0.1) is 0 Å². The second kappa shape index (κ2) is 2.31. The maximum Gasteiger partial charge on any atom is 0.189 e. The van der Waals surface area contributed by atoms with Gasteiger partial charge in [-0.3, -0.25) is 0 Å². The van der Waals surface area contributed by atoms with Crippen molar-refractivity contribution in [2.45, 2.75) is 19.4 Å². The topological polar surface area (TPSA) is 18.5 Å². The fourth-order valence-electron chi connectivity index (χ4n) is 0.648. The predicted octanol–water partition coefficient (Wildman–Crippen LogP) is 2.01. The highest BCUT2D eigenvalue weighted by Gasteiger charge is 2.31. The molecule has 0 aliphatic carbocycles. The van der Waals surface area contributed by atoms with Crippen LogP contribution in [0.1, 0.15) is 13.8 Å². The first-order valence-corrected chi connectivity index (χ1v) is 3.66. The van der Waals surface area contributed by atoms with Crippen molar-refractivity contribution in [3.8, 4) is 0 Å². The second-order valence-electron chi connectivity index (χ2n) is 2.39. The van der Waals surface area contributed by atoms with Crippen molar-refractivity contribution in [2.75, 3.05) is 6.79 Å². The minimum Gasteiger partial charge on any atom is -0.468 e. The van der Waals surface area contributed by atoms with Gasteiger partial charge in [0.1, 0.15) is 11.4 Å². The van der Waals surface area contributed by atoms with Crippen molar-refractivity contribution in [3.05, 3.63) is 10.7 Å². The van der Waals surface area contributed by atoms with Crippen molar-refractivity contribution in [1.29, 1.82) is 0 Å². The Balaban J connectivity index is 2.75. The molecule has 3 heteroatoms. The zero-order valence-electron chi connectivity index (χ0n) is 5.48. The number of ether oxygens (including phenoxy) is 2. The van der Waals surface area contributed by atoms with Gasteiger partial charge in [0.25, 0.3) is 0 Å². The molecule has 0 atom stereocenters. The van der Waals surface area contributed by atoms with Gasteiger partial charge >= 0.3 is 0 Å². The second-order valence-corrected chi connectivity index (χ2v) is 2.85. The monoisotopic (exact) mass is 192 g/mol. The zero-order valence-corrected chi connectivity index (χ0v) is 7.06. The van der Waals surface area contributed by atoms with Gasteiger partial charge in [-0.2, -0.15) is 0 Å². The van der Waals surface area contributed by atoms with Crippen LogP contribution in [0.3, 0.4) is 0 Å². The summed E-state index contributed by atoms with van der Waals surface area (Å²) in [6, 6.07) is 0. The smallest absolute Gasteiger partial charge is 0.189 e. The summed E-state index contributed by atoms with van der Waals surface area (Å²) in [4.78, 5) is 1.75. The van der Waals surface area contributed by atoms with Gasteiger partial charge < -0.3 is 9.47 Å². The van der Waals surface area contributed by atoms with E-state index in [2.05, 4.69) is 15.9 Å². The fraction of sp³-hybridized carbons (Fsp3) is 0.667. The Hall–Kier alpha value is -0.0200. The third-order valence-electron chi connectivity index (χ3n) is 1.33. The highest BCUT2D eigenvalue weighted by Crippen LogP contribution is 2.28. The Labute approximate surface area is 63.0 Å². The lowest BCUT2D eigenvalue weighted by Gasteiger charge is -2.13. The van der Waals surface area contributed by atoms with E-state index in [0.717, 1.165) is 5.76 Å². The molecule has 1 aliphatic heterocycles. The molecule has 9 heavy (non-hydrogen) atoms. The van der Waals surface area contributed by atoms with Gasteiger partial charge in [-0.15, -0.1) is 0 Å². The zero-order chi connectivity index (χ0) is 6.91. The predicted molar refractivity (Wildman–Crippen MR) is 38.1 cm³/mol. The van der Waals surface area contributed by atoms with Gasteiger partial charge in [-0.05, 0) is 13.8 Å². The maximum absolute atomic E-state index is 5.22. The minimum absolute atomic E-state index is 0.247. The van der Waals surface area contributed by atoms with E-state index in [1.807, 2.05) is 13.8 Å². The van der Waals surface area contributed by atoms with Crippen molar-refractivity contribution >= 4 is 15.9 Å². The molecule has 0 unspecified atom stereocenters. The van der Waals surface area contributed by atoms with Crippen LogP contribution in [0.15, 0.2) is 10.7 Å². The summed E-state index contributed by atoms with van der Waals surface area (Å²) in [6.07, 6.45) is 0. The van der Waals surface area contributed by atoms with Gasteiger partial charge in [0.2, 0.25) is 0 Å². The highest BCUT2D eigenvalue weighted by atomic mass is 79.9. The van der Waals surface area contributed by atoms with Gasteiger partial charge in [0.15, 0.2) is 6.79 Å². The van der Waals surface area contributed by atoms with Crippen LogP contribution in [0.2, 0.25) is 0 Å². The lowest BCUT2D eigenvalue weighted by Crippen LogP contribution is -2.19. The normalized spacial score (nSPS) is 28.6. The highest BCUT2D eigenvalue weighted by molar-refractivity contribution is 9.11. The van der Waals surface area contributed by atoms with Crippen molar-refractivity contribution < 1.29 is 9.47 Å². The Kier molecular flexibility index (Phi) is 1.82. The average molecular weight is 193 g/mol. The van der Waals surface area contributed by atoms with E-state index in [1.54, 1.807) is 4.99 Å². The molecule has 0 aromatic rings. The summed E-state index contributed by atoms with van der Waals surface area (Å²) in [5.41, 5.74) is -0.247. The van der Waals surface area contributed by atoms with Gasteiger partial charge in [-0.25, -0.2) is 0 Å². The van der Waals surface area contributed by atoms with Crippen molar-refractivity contribution in [3.63, 3.8) is 0 Å². The third kappa shape index (κ3) is 1.27. The van der Waals surface area contributed by atoms with E-state index in [4.69, 9.17) is 9.47 Å². The van der Waals surface area contributed by atoms with Gasteiger partial charge in [0, 0.05) is 4.99 Å². The molecule has 0 radical (unpaired) electrons. The molecule has 1 fully saturated rings. The molecule has 0 aromatic carbocycles. The Morgan fingerprint density at radius 1 is 1.67 bits per heavy atom. The van der Waals surface area contributed by atoms with Crippen LogP contribution in [-0.2, 0) is 9.47 Å². The van der Waals surface area contributed by atoms with Crippen LogP contribution in [-0.4, -0.2) is 12.4 Å². The Morgan fingerprint density at radius 2 is 2.33 bits per heavy atom. The lowest BCUT2D eigenvalue weighted by atomic mass is 10.1. The van der Waals surface area contributed by atoms with Crippen LogP contribution < -0.4 is 0 Å². The SMILES string of the molecule is CC1(C)OCO/C1=C\Br. The molecule has 0 amide bonds. The standard InChI is InChI=1S/C6H9BrO2/c1-6(2)5(3-7)8-4-9-6/h3H,4H2,1-2H3/b5-3-. The molecule has 0 bridgehead atoms. The van der Waals surface area contributed by atoms with Crippen LogP contribution in [0.4, 0.5) is 0 Å². The molecule has 1 saturated heterocycles. The first kappa shape index (κ1) is 7.09. The average Bonchev–Trinajstić information content (AvgIpc) is 2.08. The first-order valence-electron chi connectivity index (χ1n) is 2.74. The summed E-state index contributed by atoms with van der Waals surface area (Å²) < 4.78 is 10.3. The number of hydrogen-bond donors (Lipinski definition) is 0. The summed E-state index contributed by atoms with van der Waals surface area (Å²) >= 11 is 3.18. The molecule has 0 saturated carbocycles. The summed E-state index contributed by atoms with van der Waals surface area (Å²) in [5, 5.41) is 0. The Bertz CT molecular complexity index is 140. The first-order chi connectivity index (χ1) is 4.17. The van der Waals surface area contributed by atoms with Crippen LogP contribution in [0, 0.1) is 0 Å². The van der Waals surface area contributed by atoms with E-state index in [9.17, 15) is 0 Å². The summed E-state index contributed by atoms with van der Waals surface area (Å²) in [6.45, 7) is 4.30. The number of hydrogen-bond acceptors (Lipinski definition) is 2. The maximum atomic E-state index is 5.22. The molecular formula is C6H9BrO2. The van der Waals surface area contributed by atoms with Crippen LogP contribution in [0.5, 0.6) is 0 Å². The fourth-order valence-corrected chi connectivity index (χ4v) is 1.33. The van der Waals surface area contributed by atoms with E-state index in [1.165, 1.54) is 0 Å². The quantitative estimate of drug-likeness (QED) is 0.585. The van der Waals surface area contributed by atoms with Crippen LogP contribution in [0.25, 0.3) is 0 Å². The summed E-state index contributed by atoms with van der Waals surface area (Å²) in [5.74, 6) is 0.850. The van der Waals surface area contributed by atoms with E-state index in [-0.39, 0.29) is 5.60 Å². The molecule has 52 valence electrons. The number of halogens is 1. The molecule has 0 N–H and O–H groups in total. The molecule has 0 aromatic heterocycles. The van der Waals surface area contributed by atoms with Crippen molar-refractivity contribution in [2.24, 2.45) is 0 Å². The molecule has 0 spiro atoms. The van der Waals surface area contributed by atoms with Gasteiger partial charge in [-0.1, -0.05) is 15.9 Å². The molecule has 1 heterocycles. The molecular weight excluding hydrogens is 184 g/mol. The third-order valence-corrected chi connectivity index (χ3v) is 1.74. The van der Waals surface area contributed by atoms with Crippen molar-refractivity contribution in [1.82, 2.24) is 0 Å². The largest absolute Gasteiger partial charge is 0.468 e. The van der Waals surface area contributed by atoms with E-state index < -0.39 is 0 Å². The minimum atomic E-state index is -0.247. The molecule has 1 rings (SSSR count). The molecule has 2 nitrogen and oxygen atoms in total. The van der Waals surface area contributed by atoms with E-state index >= 15 is 0 Å². The van der Waals surface area contributed by atoms with E-state index in [0.29, 0.717) is 6.79 Å². The Morgan fingerprint density at radius 3 is 2.56 bits per heavy atom. The number of rotatable bonds is 0. The van der Waals surface area contributed by atoms with Crippen LogP contribution >= 0.6 is 15.9 Å². The summed E-state index contributed by atoms with van der Waals surface area (Å²) in [7, 11) is 0.